The maximum atomic E-state index is 11.9. The third-order valence-electron chi connectivity index (χ3n) is 4.49. The Morgan fingerprint density at radius 2 is 2.00 bits per heavy atom. The Hall–Kier alpha value is -1.91. The molecule has 0 spiro atoms. The minimum atomic E-state index is -0.000411. The Bertz CT molecular complexity index is 644. The van der Waals surface area contributed by atoms with Crippen LogP contribution in [0.2, 0.25) is 0 Å². The van der Waals surface area contributed by atoms with E-state index in [1.807, 2.05) is 36.4 Å². The number of rotatable bonds is 6. The number of amides is 1. The van der Waals surface area contributed by atoms with Crippen LogP contribution in [0.3, 0.4) is 0 Å². The number of carbonyl (C=O) groups is 1. The van der Waals surface area contributed by atoms with E-state index in [-0.39, 0.29) is 5.91 Å². The van der Waals surface area contributed by atoms with Gasteiger partial charge >= 0.3 is 0 Å². The van der Waals surface area contributed by atoms with Crippen LogP contribution in [0.1, 0.15) is 24.0 Å². The predicted molar refractivity (Wildman–Crippen MR) is 101 cm³/mol. The van der Waals surface area contributed by atoms with Crippen LogP contribution in [-0.2, 0) is 11.3 Å². The van der Waals surface area contributed by atoms with Crippen LogP contribution in [0.5, 0.6) is 0 Å². The number of nitrogens with zero attached hydrogens (tertiary/aromatic N) is 1. The molecule has 2 heterocycles. The summed E-state index contributed by atoms with van der Waals surface area (Å²) in [5.74, 6) is 0.595. The molecule has 0 aliphatic carbocycles. The quantitative estimate of drug-likeness (QED) is 0.812. The molecular weight excluding hydrogens is 316 g/mol. The summed E-state index contributed by atoms with van der Waals surface area (Å²) in [6, 6.07) is 12.1. The van der Waals surface area contributed by atoms with Gasteiger partial charge in [-0.25, -0.2) is 0 Å². The van der Waals surface area contributed by atoms with E-state index in [1.54, 1.807) is 17.4 Å². The van der Waals surface area contributed by atoms with Crippen LogP contribution < -0.4 is 5.32 Å². The Morgan fingerprint density at radius 3 is 2.71 bits per heavy atom. The highest BCUT2D eigenvalue weighted by molar-refractivity contribution is 7.07. The summed E-state index contributed by atoms with van der Waals surface area (Å²) in [6.45, 7) is 4.08. The zero-order chi connectivity index (χ0) is 16.6. The standard InChI is InChI=1S/C20H24N2OS/c23-20(7-6-17-4-2-1-3-5-17)21-14-18-8-11-22(12-9-18)15-19-10-13-24-16-19/h1-7,10,13,16,18H,8-9,11-12,14-15H2,(H,21,23). The Labute approximate surface area is 148 Å². The molecule has 126 valence electrons. The van der Waals surface area contributed by atoms with Crippen molar-refractivity contribution in [2.45, 2.75) is 19.4 Å². The molecule has 2 aromatic rings. The lowest BCUT2D eigenvalue weighted by Crippen LogP contribution is -2.37. The molecule has 1 N–H and O–H groups in total. The number of benzene rings is 1. The van der Waals surface area contributed by atoms with Crippen LogP contribution in [0.25, 0.3) is 6.08 Å². The van der Waals surface area contributed by atoms with Gasteiger partial charge in [-0.2, -0.15) is 11.3 Å². The van der Waals surface area contributed by atoms with Crippen molar-refractivity contribution >= 4 is 23.3 Å². The zero-order valence-corrected chi connectivity index (χ0v) is 14.7. The molecular formula is C20H24N2OS. The van der Waals surface area contributed by atoms with Crippen molar-refractivity contribution in [2.24, 2.45) is 5.92 Å². The molecule has 1 aromatic heterocycles. The first-order chi connectivity index (χ1) is 11.8. The van der Waals surface area contributed by atoms with Crippen molar-refractivity contribution in [3.8, 4) is 0 Å². The normalized spacial score (nSPS) is 16.5. The van der Waals surface area contributed by atoms with Gasteiger partial charge in [0.2, 0.25) is 5.91 Å². The fourth-order valence-electron chi connectivity index (χ4n) is 3.03. The average molecular weight is 340 g/mol. The molecule has 1 fully saturated rings. The molecule has 0 bridgehead atoms. The van der Waals surface area contributed by atoms with Gasteiger partial charge in [0.05, 0.1) is 0 Å². The van der Waals surface area contributed by atoms with Gasteiger partial charge in [-0.15, -0.1) is 0 Å². The van der Waals surface area contributed by atoms with Gasteiger partial charge in [-0.1, -0.05) is 30.3 Å². The van der Waals surface area contributed by atoms with Gasteiger partial charge in [-0.05, 0) is 65.9 Å². The van der Waals surface area contributed by atoms with Crippen molar-refractivity contribution in [1.82, 2.24) is 10.2 Å². The molecule has 1 amide bonds. The number of carbonyl (C=O) groups excluding carboxylic acids is 1. The lowest BCUT2D eigenvalue weighted by atomic mass is 9.96. The molecule has 0 atom stereocenters. The van der Waals surface area contributed by atoms with Gasteiger partial charge in [0.15, 0.2) is 0 Å². The summed E-state index contributed by atoms with van der Waals surface area (Å²) >= 11 is 1.76. The highest BCUT2D eigenvalue weighted by Gasteiger charge is 2.19. The van der Waals surface area contributed by atoms with E-state index in [1.165, 1.54) is 5.56 Å². The van der Waals surface area contributed by atoms with Crippen molar-refractivity contribution in [1.29, 1.82) is 0 Å². The molecule has 0 saturated carbocycles. The fourth-order valence-corrected chi connectivity index (χ4v) is 3.69. The van der Waals surface area contributed by atoms with E-state index in [9.17, 15) is 4.79 Å². The van der Waals surface area contributed by atoms with E-state index in [2.05, 4.69) is 27.0 Å². The molecule has 1 aromatic carbocycles. The zero-order valence-electron chi connectivity index (χ0n) is 13.9. The van der Waals surface area contributed by atoms with Crippen LogP contribution in [0.4, 0.5) is 0 Å². The maximum Gasteiger partial charge on any atom is 0.244 e. The first-order valence-corrected chi connectivity index (χ1v) is 9.48. The summed E-state index contributed by atoms with van der Waals surface area (Å²) in [5, 5.41) is 7.41. The summed E-state index contributed by atoms with van der Waals surface area (Å²) in [4.78, 5) is 14.4. The smallest absolute Gasteiger partial charge is 0.244 e. The number of nitrogens with one attached hydrogen (secondary N) is 1. The van der Waals surface area contributed by atoms with E-state index in [0.717, 1.165) is 44.6 Å². The first-order valence-electron chi connectivity index (χ1n) is 8.54. The molecule has 24 heavy (non-hydrogen) atoms. The molecule has 3 rings (SSSR count). The van der Waals surface area contributed by atoms with E-state index < -0.39 is 0 Å². The number of thiophene rings is 1. The molecule has 1 aliphatic heterocycles. The van der Waals surface area contributed by atoms with Crippen molar-refractivity contribution < 1.29 is 4.79 Å². The molecule has 1 aliphatic rings. The van der Waals surface area contributed by atoms with Gasteiger partial charge in [0, 0.05) is 19.2 Å². The first kappa shape index (κ1) is 16.9. The lowest BCUT2D eigenvalue weighted by Gasteiger charge is -2.31. The van der Waals surface area contributed by atoms with Gasteiger partial charge in [0.1, 0.15) is 0 Å². The average Bonchev–Trinajstić information content (AvgIpc) is 3.13. The van der Waals surface area contributed by atoms with Crippen LogP contribution in [0.15, 0.2) is 53.2 Å². The SMILES string of the molecule is O=C(C=Cc1ccccc1)NCC1CCN(Cc2ccsc2)CC1. The predicted octanol–water partition coefficient (Wildman–Crippen LogP) is 3.79. The number of likely N-dealkylation sites (tertiary alicyclic amines) is 1. The van der Waals surface area contributed by atoms with Gasteiger partial charge < -0.3 is 5.32 Å². The minimum absolute atomic E-state index is 0.000411. The second-order valence-electron chi connectivity index (χ2n) is 6.34. The highest BCUT2D eigenvalue weighted by atomic mass is 32.1. The summed E-state index contributed by atoms with van der Waals surface area (Å²) in [5.41, 5.74) is 2.46. The lowest BCUT2D eigenvalue weighted by molar-refractivity contribution is -0.116. The largest absolute Gasteiger partial charge is 0.352 e. The Kier molecular flexibility index (Phi) is 6.21. The van der Waals surface area contributed by atoms with Crippen LogP contribution >= 0.6 is 11.3 Å². The summed E-state index contributed by atoms with van der Waals surface area (Å²) < 4.78 is 0. The van der Waals surface area contributed by atoms with Gasteiger partial charge in [-0.3, -0.25) is 9.69 Å². The second-order valence-corrected chi connectivity index (χ2v) is 7.12. The third kappa shape index (κ3) is 5.32. The van der Waals surface area contributed by atoms with Crippen LogP contribution in [0, 0.1) is 5.92 Å². The van der Waals surface area contributed by atoms with Crippen molar-refractivity contribution in [3.63, 3.8) is 0 Å². The Balaban J connectivity index is 1.35. The maximum absolute atomic E-state index is 11.9. The number of piperidine rings is 1. The third-order valence-corrected chi connectivity index (χ3v) is 5.22. The number of hydrogen-bond donors (Lipinski definition) is 1. The van der Waals surface area contributed by atoms with Crippen molar-refractivity contribution in [2.75, 3.05) is 19.6 Å². The van der Waals surface area contributed by atoms with E-state index >= 15 is 0 Å². The molecule has 1 saturated heterocycles. The second kappa shape index (κ2) is 8.81. The topological polar surface area (TPSA) is 32.3 Å². The minimum Gasteiger partial charge on any atom is -0.352 e. The Morgan fingerprint density at radius 1 is 1.21 bits per heavy atom. The van der Waals surface area contributed by atoms with Crippen LogP contribution in [-0.4, -0.2) is 30.4 Å². The molecule has 3 nitrogen and oxygen atoms in total. The summed E-state index contributed by atoms with van der Waals surface area (Å²) in [6.07, 6.45) is 5.81. The van der Waals surface area contributed by atoms with Gasteiger partial charge in [0.25, 0.3) is 0 Å². The van der Waals surface area contributed by atoms with Crippen molar-refractivity contribution in [3.05, 3.63) is 64.4 Å². The van der Waals surface area contributed by atoms with E-state index in [0.29, 0.717) is 5.92 Å². The monoisotopic (exact) mass is 340 g/mol. The molecule has 0 radical (unpaired) electrons. The molecule has 4 heteroatoms. The number of hydrogen-bond acceptors (Lipinski definition) is 3. The fraction of sp³-hybridized carbons (Fsp3) is 0.350. The van der Waals surface area contributed by atoms with E-state index in [4.69, 9.17) is 0 Å². The highest BCUT2D eigenvalue weighted by Crippen LogP contribution is 2.19. The molecule has 0 unspecified atom stereocenters. The summed E-state index contributed by atoms with van der Waals surface area (Å²) in [7, 11) is 0.